The SMILES string of the molecule is CCOc1ccc(-n2c(C)cc(/C=C3/C(=O)C(C(=O)OC)=C(C)N3c3ccc(C)cc3)c2C)cc1. The van der Waals surface area contributed by atoms with E-state index >= 15 is 0 Å². The lowest BCUT2D eigenvalue weighted by molar-refractivity contribution is -0.137. The second-order valence-electron chi connectivity index (χ2n) is 8.57. The van der Waals surface area contributed by atoms with Gasteiger partial charge in [0.2, 0.25) is 5.78 Å². The van der Waals surface area contributed by atoms with Crippen LogP contribution in [0.1, 0.15) is 36.4 Å². The molecule has 0 aliphatic carbocycles. The molecule has 6 heteroatoms. The summed E-state index contributed by atoms with van der Waals surface area (Å²) in [5.74, 6) is -0.156. The summed E-state index contributed by atoms with van der Waals surface area (Å²) in [6.07, 6.45) is 1.86. The summed E-state index contributed by atoms with van der Waals surface area (Å²) < 4.78 is 12.6. The largest absolute Gasteiger partial charge is 0.494 e. The fourth-order valence-corrected chi connectivity index (χ4v) is 4.52. The van der Waals surface area contributed by atoms with Crippen LogP contribution in [0.15, 0.2) is 71.6 Å². The van der Waals surface area contributed by atoms with Crippen LogP contribution in [0, 0.1) is 20.8 Å². The van der Waals surface area contributed by atoms with Gasteiger partial charge < -0.3 is 18.9 Å². The summed E-state index contributed by atoms with van der Waals surface area (Å²) in [7, 11) is 1.29. The summed E-state index contributed by atoms with van der Waals surface area (Å²) >= 11 is 0. The van der Waals surface area contributed by atoms with E-state index in [1.165, 1.54) is 7.11 Å². The Morgan fingerprint density at radius 3 is 2.17 bits per heavy atom. The monoisotopic (exact) mass is 470 g/mol. The fourth-order valence-electron chi connectivity index (χ4n) is 4.52. The van der Waals surface area contributed by atoms with Crippen molar-refractivity contribution in [3.05, 3.63) is 94.1 Å². The highest BCUT2D eigenvalue weighted by Crippen LogP contribution is 2.36. The predicted octanol–water partition coefficient (Wildman–Crippen LogP) is 5.68. The average molecular weight is 471 g/mol. The number of allylic oxidation sites excluding steroid dienone is 2. The third-order valence-corrected chi connectivity index (χ3v) is 6.25. The van der Waals surface area contributed by atoms with E-state index in [-0.39, 0.29) is 11.4 Å². The van der Waals surface area contributed by atoms with Gasteiger partial charge in [-0.3, -0.25) is 4.79 Å². The Morgan fingerprint density at radius 2 is 1.57 bits per heavy atom. The molecular formula is C29H30N2O4. The molecule has 0 saturated heterocycles. The number of methoxy groups -OCH3 is 1. The smallest absolute Gasteiger partial charge is 0.343 e. The molecule has 0 unspecified atom stereocenters. The molecule has 1 aliphatic heterocycles. The molecule has 180 valence electrons. The second-order valence-corrected chi connectivity index (χ2v) is 8.57. The highest BCUT2D eigenvalue weighted by atomic mass is 16.5. The van der Waals surface area contributed by atoms with E-state index in [9.17, 15) is 9.59 Å². The van der Waals surface area contributed by atoms with Crippen LogP contribution in [-0.2, 0) is 14.3 Å². The summed E-state index contributed by atoms with van der Waals surface area (Å²) in [6, 6.07) is 17.8. The van der Waals surface area contributed by atoms with Gasteiger partial charge in [-0.25, -0.2) is 4.79 Å². The summed E-state index contributed by atoms with van der Waals surface area (Å²) in [6.45, 7) is 10.4. The molecule has 0 amide bonds. The van der Waals surface area contributed by atoms with Crippen molar-refractivity contribution in [3.63, 3.8) is 0 Å². The van der Waals surface area contributed by atoms with Crippen LogP contribution in [0.25, 0.3) is 11.8 Å². The number of aryl methyl sites for hydroxylation is 2. The molecule has 0 spiro atoms. The Hall–Kier alpha value is -4.06. The number of hydrogen-bond donors (Lipinski definition) is 0. The van der Waals surface area contributed by atoms with E-state index in [4.69, 9.17) is 9.47 Å². The fraction of sp³-hybridized carbons (Fsp3) is 0.241. The number of carbonyl (C=O) groups excluding carboxylic acids is 2. The third-order valence-electron chi connectivity index (χ3n) is 6.25. The molecule has 2 heterocycles. The standard InChI is InChI=1S/C29H30N2O4/c1-7-35-25-14-12-23(13-15-25)30-19(3)16-22(20(30)4)17-26-28(32)27(29(33)34-6)21(5)31(26)24-10-8-18(2)9-11-24/h8-17H,7H2,1-6H3/b26-17-. The molecule has 0 N–H and O–H groups in total. The van der Waals surface area contributed by atoms with Crippen molar-refractivity contribution in [1.29, 1.82) is 0 Å². The minimum absolute atomic E-state index is 0.0552. The molecule has 0 bridgehead atoms. The first-order chi connectivity index (χ1) is 16.8. The van der Waals surface area contributed by atoms with Gasteiger partial charge in [0.15, 0.2) is 0 Å². The first kappa shape index (κ1) is 24.1. The summed E-state index contributed by atoms with van der Waals surface area (Å²) in [5, 5.41) is 0. The van der Waals surface area contributed by atoms with Gasteiger partial charge in [0.25, 0.3) is 0 Å². The molecule has 0 radical (unpaired) electrons. The van der Waals surface area contributed by atoms with Crippen LogP contribution in [0.2, 0.25) is 0 Å². The van der Waals surface area contributed by atoms with E-state index in [1.54, 1.807) is 6.92 Å². The van der Waals surface area contributed by atoms with Gasteiger partial charge in [0.1, 0.15) is 11.3 Å². The lowest BCUT2D eigenvalue weighted by atomic mass is 10.1. The van der Waals surface area contributed by atoms with E-state index in [1.807, 2.05) is 93.3 Å². The molecule has 0 atom stereocenters. The number of aromatic nitrogens is 1. The van der Waals surface area contributed by atoms with Crippen LogP contribution in [0.3, 0.4) is 0 Å². The Kier molecular flexibility index (Phi) is 6.65. The number of benzene rings is 2. The van der Waals surface area contributed by atoms with E-state index in [2.05, 4.69) is 4.57 Å². The number of nitrogens with zero attached hydrogens (tertiary/aromatic N) is 2. The molecule has 6 nitrogen and oxygen atoms in total. The van der Waals surface area contributed by atoms with Gasteiger partial charge in [-0.15, -0.1) is 0 Å². The number of ether oxygens (including phenoxy) is 2. The Labute approximate surface area is 206 Å². The number of anilines is 1. The number of esters is 1. The van der Waals surface area contributed by atoms with Crippen LogP contribution in [0.5, 0.6) is 5.75 Å². The maximum Gasteiger partial charge on any atom is 0.343 e. The Bertz CT molecular complexity index is 1340. The van der Waals surface area contributed by atoms with Crippen molar-refractivity contribution < 1.29 is 19.1 Å². The van der Waals surface area contributed by atoms with Gasteiger partial charge in [-0.1, -0.05) is 17.7 Å². The summed E-state index contributed by atoms with van der Waals surface area (Å²) in [4.78, 5) is 27.8. The number of hydrogen-bond acceptors (Lipinski definition) is 5. The Balaban J connectivity index is 1.81. The molecule has 1 aromatic heterocycles. The zero-order chi connectivity index (χ0) is 25.3. The van der Waals surface area contributed by atoms with Crippen LogP contribution in [0.4, 0.5) is 5.69 Å². The topological polar surface area (TPSA) is 60.8 Å². The lowest BCUT2D eigenvalue weighted by Crippen LogP contribution is -2.18. The molecule has 0 saturated carbocycles. The van der Waals surface area contributed by atoms with E-state index in [0.717, 1.165) is 39.6 Å². The maximum atomic E-state index is 13.5. The van der Waals surface area contributed by atoms with Crippen molar-refractivity contribution in [2.75, 3.05) is 18.6 Å². The van der Waals surface area contributed by atoms with Crippen LogP contribution >= 0.6 is 0 Å². The summed E-state index contributed by atoms with van der Waals surface area (Å²) in [5.41, 5.74) is 6.87. The molecule has 0 fully saturated rings. The van der Waals surface area contributed by atoms with Crippen molar-refractivity contribution in [3.8, 4) is 11.4 Å². The zero-order valence-corrected chi connectivity index (χ0v) is 21.0. The van der Waals surface area contributed by atoms with Gasteiger partial charge in [-0.2, -0.15) is 0 Å². The predicted molar refractivity (Wildman–Crippen MR) is 138 cm³/mol. The van der Waals surface area contributed by atoms with Crippen molar-refractivity contribution in [1.82, 2.24) is 4.57 Å². The van der Waals surface area contributed by atoms with Crippen molar-refractivity contribution in [2.45, 2.75) is 34.6 Å². The normalized spacial score (nSPS) is 14.7. The van der Waals surface area contributed by atoms with Gasteiger partial charge in [-0.05, 0) is 88.7 Å². The van der Waals surface area contributed by atoms with Crippen LogP contribution in [-0.4, -0.2) is 30.0 Å². The highest BCUT2D eigenvalue weighted by Gasteiger charge is 2.38. The van der Waals surface area contributed by atoms with Gasteiger partial charge >= 0.3 is 5.97 Å². The van der Waals surface area contributed by atoms with Crippen molar-refractivity contribution in [2.24, 2.45) is 0 Å². The van der Waals surface area contributed by atoms with Gasteiger partial charge in [0.05, 0.1) is 19.4 Å². The van der Waals surface area contributed by atoms with Crippen molar-refractivity contribution >= 4 is 23.5 Å². The first-order valence-electron chi connectivity index (χ1n) is 11.6. The number of ketones is 1. The molecule has 2 aromatic carbocycles. The molecule has 35 heavy (non-hydrogen) atoms. The third kappa shape index (κ3) is 4.39. The molecule has 1 aliphatic rings. The molecule has 3 aromatic rings. The number of carbonyl (C=O) groups is 2. The number of rotatable bonds is 6. The highest BCUT2D eigenvalue weighted by molar-refractivity contribution is 6.30. The molecule has 4 rings (SSSR count). The minimum Gasteiger partial charge on any atom is -0.494 e. The quantitative estimate of drug-likeness (QED) is 0.264. The second kappa shape index (κ2) is 9.66. The lowest BCUT2D eigenvalue weighted by Gasteiger charge is -2.21. The van der Waals surface area contributed by atoms with E-state index < -0.39 is 5.97 Å². The van der Waals surface area contributed by atoms with E-state index in [0.29, 0.717) is 18.0 Å². The number of Topliss-reactive ketones (excluding diaryl/α,β-unsaturated/α-hetero) is 1. The zero-order valence-electron chi connectivity index (χ0n) is 21.0. The van der Waals surface area contributed by atoms with Crippen LogP contribution < -0.4 is 9.64 Å². The molecular weight excluding hydrogens is 440 g/mol. The maximum absolute atomic E-state index is 13.5. The Morgan fingerprint density at radius 1 is 0.943 bits per heavy atom. The van der Waals surface area contributed by atoms with Gasteiger partial charge in [0, 0.05) is 28.5 Å². The average Bonchev–Trinajstić information content (AvgIpc) is 3.26. The minimum atomic E-state index is -0.632. The first-order valence-corrected chi connectivity index (χ1v) is 11.6.